The van der Waals surface area contributed by atoms with Crippen molar-refractivity contribution in [2.24, 2.45) is 5.73 Å². The Balaban J connectivity index is 0. The zero-order chi connectivity index (χ0) is 11.4. The maximum Gasteiger partial charge on any atom is 0.239 e. The molecule has 0 aromatic rings. The average Bonchev–Trinajstić information content (AvgIpc) is 2.27. The van der Waals surface area contributed by atoms with Crippen molar-refractivity contribution in [3.63, 3.8) is 0 Å². The van der Waals surface area contributed by atoms with E-state index in [1.807, 2.05) is 11.8 Å². The van der Waals surface area contributed by atoms with E-state index in [0.717, 1.165) is 25.9 Å². The van der Waals surface area contributed by atoms with Crippen molar-refractivity contribution < 1.29 is 4.79 Å². The quantitative estimate of drug-likeness (QED) is 0.846. The fraction of sp³-hybridized carbons (Fsp3) is 0.909. The Bertz CT molecular complexity index is 227. The Morgan fingerprint density at radius 1 is 1.47 bits per heavy atom. The van der Waals surface area contributed by atoms with Crippen molar-refractivity contribution in [3.05, 3.63) is 0 Å². The zero-order valence-electron chi connectivity index (χ0n) is 10.9. The first-order chi connectivity index (χ1) is 7.06. The molecule has 1 amide bonds. The van der Waals surface area contributed by atoms with Gasteiger partial charge in [-0.2, -0.15) is 0 Å². The van der Waals surface area contributed by atoms with E-state index in [1.54, 1.807) is 0 Å². The minimum atomic E-state index is -0.314. The molecule has 0 spiro atoms. The number of nitrogens with zero attached hydrogens (tertiary/aromatic N) is 2. The standard InChI is InChI=1S/C11H23N3O.2ClH/c1-4-10(12)11(15)14-7-5-6-9(8-14)13(2)3;;/h9-10H,4-8,12H2,1-3H3;2*1H/t9?,10-;;/m0../s1. The third-order valence-electron chi connectivity index (χ3n) is 3.20. The lowest BCUT2D eigenvalue weighted by atomic mass is 10.0. The highest BCUT2D eigenvalue weighted by Crippen LogP contribution is 2.14. The van der Waals surface area contributed by atoms with Gasteiger partial charge >= 0.3 is 0 Å². The molecule has 0 aromatic heterocycles. The van der Waals surface area contributed by atoms with Crippen LogP contribution in [-0.2, 0) is 4.79 Å². The van der Waals surface area contributed by atoms with Crippen molar-refractivity contribution in [1.82, 2.24) is 9.80 Å². The van der Waals surface area contributed by atoms with E-state index < -0.39 is 0 Å². The smallest absolute Gasteiger partial charge is 0.239 e. The summed E-state index contributed by atoms with van der Waals surface area (Å²) in [5.41, 5.74) is 5.76. The number of likely N-dealkylation sites (tertiary alicyclic amines) is 1. The average molecular weight is 286 g/mol. The van der Waals surface area contributed by atoms with Gasteiger partial charge in [0.05, 0.1) is 6.04 Å². The van der Waals surface area contributed by atoms with Crippen LogP contribution in [0, 0.1) is 0 Å². The number of carbonyl (C=O) groups is 1. The Labute approximate surface area is 117 Å². The van der Waals surface area contributed by atoms with Crippen LogP contribution in [0.25, 0.3) is 0 Å². The Morgan fingerprint density at radius 3 is 2.53 bits per heavy atom. The molecule has 0 aromatic carbocycles. The molecule has 1 saturated heterocycles. The summed E-state index contributed by atoms with van der Waals surface area (Å²) in [4.78, 5) is 16.0. The first-order valence-electron chi connectivity index (χ1n) is 5.77. The molecule has 104 valence electrons. The van der Waals surface area contributed by atoms with Crippen molar-refractivity contribution >= 4 is 30.7 Å². The number of amides is 1. The zero-order valence-corrected chi connectivity index (χ0v) is 12.5. The van der Waals surface area contributed by atoms with E-state index in [2.05, 4.69) is 19.0 Å². The lowest BCUT2D eigenvalue weighted by Crippen LogP contribution is -2.52. The van der Waals surface area contributed by atoms with Crippen LogP contribution in [0.1, 0.15) is 26.2 Å². The first-order valence-corrected chi connectivity index (χ1v) is 5.77. The number of halogens is 2. The van der Waals surface area contributed by atoms with Gasteiger partial charge in [-0.1, -0.05) is 6.92 Å². The van der Waals surface area contributed by atoms with Crippen LogP contribution in [0.5, 0.6) is 0 Å². The van der Waals surface area contributed by atoms with E-state index in [1.165, 1.54) is 6.42 Å². The SMILES string of the molecule is CC[C@H](N)C(=O)N1CCCC(N(C)C)C1.Cl.Cl. The molecule has 0 radical (unpaired) electrons. The van der Waals surface area contributed by atoms with E-state index in [9.17, 15) is 4.79 Å². The van der Waals surface area contributed by atoms with Crippen LogP contribution < -0.4 is 5.73 Å². The highest BCUT2D eigenvalue weighted by molar-refractivity contribution is 5.85. The molecule has 0 aliphatic carbocycles. The lowest BCUT2D eigenvalue weighted by molar-refractivity contribution is -0.134. The van der Waals surface area contributed by atoms with Gasteiger partial charge in [-0.15, -0.1) is 24.8 Å². The minimum Gasteiger partial charge on any atom is -0.340 e. The van der Waals surface area contributed by atoms with Gasteiger partial charge in [-0.3, -0.25) is 4.79 Å². The molecule has 6 heteroatoms. The fourth-order valence-corrected chi connectivity index (χ4v) is 1.99. The summed E-state index contributed by atoms with van der Waals surface area (Å²) in [6.07, 6.45) is 2.99. The maximum atomic E-state index is 11.9. The van der Waals surface area contributed by atoms with Crippen LogP contribution in [0.15, 0.2) is 0 Å². The monoisotopic (exact) mass is 285 g/mol. The molecule has 0 saturated carbocycles. The highest BCUT2D eigenvalue weighted by Gasteiger charge is 2.26. The van der Waals surface area contributed by atoms with Gasteiger partial charge in [-0.25, -0.2) is 0 Å². The summed E-state index contributed by atoms with van der Waals surface area (Å²) in [5, 5.41) is 0. The molecule has 1 rings (SSSR count). The third kappa shape index (κ3) is 5.42. The van der Waals surface area contributed by atoms with Crippen LogP contribution in [0.2, 0.25) is 0 Å². The molecule has 4 nitrogen and oxygen atoms in total. The molecule has 2 N–H and O–H groups in total. The molecular formula is C11H25Cl2N3O. The van der Waals surface area contributed by atoms with Crippen LogP contribution >= 0.6 is 24.8 Å². The Morgan fingerprint density at radius 2 is 2.06 bits per heavy atom. The van der Waals surface area contributed by atoms with Gasteiger partial charge in [0.15, 0.2) is 0 Å². The number of hydrogen-bond donors (Lipinski definition) is 1. The minimum absolute atomic E-state index is 0. The van der Waals surface area contributed by atoms with E-state index in [4.69, 9.17) is 5.73 Å². The molecule has 1 aliphatic heterocycles. The number of nitrogens with two attached hydrogens (primary N) is 1. The predicted octanol–water partition coefficient (Wildman–Crippen LogP) is 1.12. The van der Waals surface area contributed by atoms with Crippen LogP contribution in [0.3, 0.4) is 0 Å². The van der Waals surface area contributed by atoms with Crippen LogP contribution in [-0.4, -0.2) is 55.0 Å². The summed E-state index contributed by atoms with van der Waals surface area (Å²) in [7, 11) is 4.14. The second kappa shape index (κ2) is 8.97. The molecular weight excluding hydrogens is 261 g/mol. The predicted molar refractivity (Wildman–Crippen MR) is 76.1 cm³/mol. The summed E-state index contributed by atoms with van der Waals surface area (Å²) in [5.74, 6) is 0.115. The molecule has 2 atom stereocenters. The summed E-state index contributed by atoms with van der Waals surface area (Å²) >= 11 is 0. The number of hydrogen-bond acceptors (Lipinski definition) is 3. The Kier molecular flexibility index (Phi) is 10.2. The number of likely N-dealkylation sites (N-methyl/N-ethyl adjacent to an activating group) is 1. The largest absolute Gasteiger partial charge is 0.340 e. The topological polar surface area (TPSA) is 49.6 Å². The second-order valence-electron chi connectivity index (χ2n) is 4.56. The number of rotatable bonds is 3. The third-order valence-corrected chi connectivity index (χ3v) is 3.20. The molecule has 1 fully saturated rings. The van der Waals surface area contributed by atoms with Gasteiger partial charge in [0.25, 0.3) is 0 Å². The van der Waals surface area contributed by atoms with E-state index in [-0.39, 0.29) is 36.8 Å². The Hall–Kier alpha value is -0.0300. The summed E-state index contributed by atoms with van der Waals surface area (Å²) in [6, 6.07) is 0.178. The lowest BCUT2D eigenvalue weighted by Gasteiger charge is -2.37. The number of carbonyl (C=O) groups excluding carboxylic acids is 1. The van der Waals surface area contributed by atoms with Crippen LogP contribution in [0.4, 0.5) is 0 Å². The van der Waals surface area contributed by atoms with Gasteiger partial charge in [0, 0.05) is 19.1 Å². The van der Waals surface area contributed by atoms with Gasteiger partial charge in [0.1, 0.15) is 0 Å². The van der Waals surface area contributed by atoms with Crippen molar-refractivity contribution in [2.45, 2.75) is 38.3 Å². The van der Waals surface area contributed by atoms with Crippen molar-refractivity contribution in [2.75, 3.05) is 27.2 Å². The van der Waals surface area contributed by atoms with Crippen molar-refractivity contribution in [3.8, 4) is 0 Å². The maximum absolute atomic E-state index is 11.9. The second-order valence-corrected chi connectivity index (χ2v) is 4.56. The normalized spacial score (nSPS) is 21.5. The summed E-state index contributed by atoms with van der Waals surface area (Å²) < 4.78 is 0. The van der Waals surface area contributed by atoms with Gasteiger partial charge in [-0.05, 0) is 33.4 Å². The fourth-order valence-electron chi connectivity index (χ4n) is 1.99. The van der Waals surface area contributed by atoms with Gasteiger partial charge in [0.2, 0.25) is 5.91 Å². The number of piperidine rings is 1. The molecule has 1 aliphatic rings. The van der Waals surface area contributed by atoms with Crippen molar-refractivity contribution in [1.29, 1.82) is 0 Å². The van der Waals surface area contributed by atoms with Gasteiger partial charge < -0.3 is 15.5 Å². The van der Waals surface area contributed by atoms with E-state index >= 15 is 0 Å². The van der Waals surface area contributed by atoms with E-state index in [0.29, 0.717) is 6.04 Å². The molecule has 1 unspecified atom stereocenters. The highest BCUT2D eigenvalue weighted by atomic mass is 35.5. The molecule has 1 heterocycles. The summed E-state index contributed by atoms with van der Waals surface area (Å²) in [6.45, 7) is 3.66. The first kappa shape index (κ1) is 19.3. The molecule has 17 heavy (non-hydrogen) atoms. The molecule has 0 bridgehead atoms.